The fourth-order valence-corrected chi connectivity index (χ4v) is 3.70. The number of anilines is 2. The molecule has 0 bridgehead atoms. The number of nitrogens with zero attached hydrogens (tertiary/aromatic N) is 3. The Morgan fingerprint density at radius 1 is 0.938 bits per heavy atom. The van der Waals surface area contributed by atoms with Gasteiger partial charge in [0.05, 0.1) is 11.1 Å². The number of nitrogens with one attached hydrogen (secondary N) is 1. The first-order valence-corrected chi connectivity index (χ1v) is 10.8. The Morgan fingerprint density at radius 3 is 2.31 bits per heavy atom. The molecule has 164 valence electrons. The van der Waals surface area contributed by atoms with Crippen LogP contribution < -0.4 is 16.4 Å². The summed E-state index contributed by atoms with van der Waals surface area (Å²) in [5.41, 5.74) is 2.97. The summed E-state index contributed by atoms with van der Waals surface area (Å²) in [6, 6.07) is 17.2. The van der Waals surface area contributed by atoms with E-state index in [0.29, 0.717) is 28.0 Å². The zero-order valence-corrected chi connectivity index (χ0v) is 19.1. The summed E-state index contributed by atoms with van der Waals surface area (Å²) in [4.78, 5) is 26.0. The summed E-state index contributed by atoms with van der Waals surface area (Å²) in [6.07, 6.45) is 2.52. The number of aromatic nitrogens is 3. The summed E-state index contributed by atoms with van der Waals surface area (Å²) < 4.78 is 2.91. The van der Waals surface area contributed by atoms with Gasteiger partial charge < -0.3 is 9.88 Å². The minimum atomic E-state index is -0.190. The van der Waals surface area contributed by atoms with Crippen LogP contribution in [0.4, 0.5) is 11.5 Å². The van der Waals surface area contributed by atoms with E-state index >= 15 is 0 Å². The summed E-state index contributed by atoms with van der Waals surface area (Å²) in [7, 11) is 1.70. The zero-order valence-electron chi connectivity index (χ0n) is 19.1. The van der Waals surface area contributed by atoms with E-state index in [9.17, 15) is 9.59 Å². The van der Waals surface area contributed by atoms with Gasteiger partial charge in [-0.05, 0) is 53.3 Å². The van der Waals surface area contributed by atoms with Crippen LogP contribution in [0.2, 0.25) is 0 Å². The lowest BCUT2D eigenvalue weighted by molar-refractivity contribution is 0.590. The average molecular weight is 429 g/mol. The van der Waals surface area contributed by atoms with E-state index in [2.05, 4.69) is 38.1 Å². The predicted molar refractivity (Wildman–Crippen MR) is 130 cm³/mol. The van der Waals surface area contributed by atoms with Gasteiger partial charge in [0.15, 0.2) is 5.82 Å². The van der Waals surface area contributed by atoms with Gasteiger partial charge in [-0.25, -0.2) is 0 Å². The lowest BCUT2D eigenvalue weighted by Crippen LogP contribution is -2.24. The molecule has 0 saturated heterocycles. The van der Waals surface area contributed by atoms with Crippen LogP contribution in [-0.4, -0.2) is 14.3 Å². The third-order valence-corrected chi connectivity index (χ3v) is 5.72. The summed E-state index contributed by atoms with van der Waals surface area (Å²) in [5, 5.41) is 9.04. The number of hydrogen-bond acceptors (Lipinski definition) is 4. The van der Waals surface area contributed by atoms with Crippen molar-refractivity contribution in [2.24, 2.45) is 7.05 Å². The summed E-state index contributed by atoms with van der Waals surface area (Å²) in [6.45, 7) is 8.50. The van der Waals surface area contributed by atoms with Gasteiger partial charge in [-0.1, -0.05) is 52.0 Å². The normalized spacial score (nSPS) is 11.7. The SMILES string of the molecule is CCc1ccc2c(Nc3cccn(C)c3=O)nn(-c3ccc(C(C)(C)C)cc3)c(=O)c2c1. The van der Waals surface area contributed by atoms with Crippen molar-refractivity contribution in [3.05, 3.63) is 92.6 Å². The maximum absolute atomic E-state index is 13.4. The minimum absolute atomic E-state index is 0.0103. The molecule has 0 fully saturated rings. The van der Waals surface area contributed by atoms with Crippen LogP contribution in [0.5, 0.6) is 0 Å². The molecule has 0 unspecified atom stereocenters. The monoisotopic (exact) mass is 428 g/mol. The fourth-order valence-electron chi connectivity index (χ4n) is 3.70. The largest absolute Gasteiger partial charge is 0.334 e. The molecule has 0 amide bonds. The standard InChI is InChI=1S/C26H28N4O2/c1-6-17-9-14-20-21(16-17)24(31)30(19-12-10-18(11-13-19)26(2,3)4)28-23(20)27-22-8-7-15-29(5)25(22)32/h7-16H,6H2,1-5H3,(H,27,28). The molecule has 2 aromatic heterocycles. The van der Waals surface area contributed by atoms with Crippen molar-refractivity contribution >= 4 is 22.3 Å². The first-order valence-electron chi connectivity index (χ1n) is 10.8. The molecule has 1 N–H and O–H groups in total. The van der Waals surface area contributed by atoms with E-state index in [4.69, 9.17) is 0 Å². The zero-order chi connectivity index (χ0) is 23.0. The quantitative estimate of drug-likeness (QED) is 0.512. The number of pyridine rings is 1. The van der Waals surface area contributed by atoms with Gasteiger partial charge in [0.2, 0.25) is 0 Å². The second-order valence-electron chi connectivity index (χ2n) is 9.06. The van der Waals surface area contributed by atoms with E-state index < -0.39 is 0 Å². The molecule has 0 aliphatic carbocycles. The van der Waals surface area contributed by atoms with E-state index in [1.54, 1.807) is 25.4 Å². The van der Waals surface area contributed by atoms with Crippen LogP contribution >= 0.6 is 0 Å². The van der Waals surface area contributed by atoms with Gasteiger partial charge >= 0.3 is 0 Å². The molecule has 0 saturated carbocycles. The second kappa shape index (κ2) is 8.11. The molecular weight excluding hydrogens is 400 g/mol. The molecule has 0 atom stereocenters. The topological polar surface area (TPSA) is 68.9 Å². The van der Waals surface area contributed by atoms with Gasteiger partial charge in [0, 0.05) is 18.6 Å². The number of fused-ring (bicyclic) bond motifs is 1. The van der Waals surface area contributed by atoms with Crippen molar-refractivity contribution in [3.63, 3.8) is 0 Å². The molecule has 6 nitrogen and oxygen atoms in total. The minimum Gasteiger partial charge on any atom is -0.334 e. The average Bonchev–Trinajstić information content (AvgIpc) is 2.78. The Hall–Kier alpha value is -3.67. The number of benzene rings is 2. The van der Waals surface area contributed by atoms with Crippen LogP contribution in [0.1, 0.15) is 38.8 Å². The Balaban J connectivity index is 1.93. The van der Waals surface area contributed by atoms with Crippen molar-refractivity contribution in [1.82, 2.24) is 14.3 Å². The van der Waals surface area contributed by atoms with Crippen LogP contribution in [-0.2, 0) is 18.9 Å². The maximum Gasteiger partial charge on any atom is 0.279 e. The van der Waals surface area contributed by atoms with Crippen molar-refractivity contribution in [1.29, 1.82) is 0 Å². The number of rotatable bonds is 4. The molecule has 0 radical (unpaired) electrons. The van der Waals surface area contributed by atoms with Crippen LogP contribution in [0, 0.1) is 0 Å². The summed E-state index contributed by atoms with van der Waals surface area (Å²) in [5.74, 6) is 0.463. The first-order chi connectivity index (χ1) is 15.2. The third kappa shape index (κ3) is 3.96. The first kappa shape index (κ1) is 21.6. The molecule has 32 heavy (non-hydrogen) atoms. The van der Waals surface area contributed by atoms with Crippen LogP contribution in [0.3, 0.4) is 0 Å². The van der Waals surface area contributed by atoms with E-state index in [-0.39, 0.29) is 16.5 Å². The Labute approximate surface area is 187 Å². The molecular formula is C26H28N4O2. The number of aryl methyl sites for hydroxylation is 2. The highest BCUT2D eigenvalue weighted by molar-refractivity contribution is 5.93. The van der Waals surface area contributed by atoms with Gasteiger partial charge in [-0.3, -0.25) is 9.59 Å². The van der Waals surface area contributed by atoms with Crippen molar-refractivity contribution in [3.8, 4) is 5.69 Å². The Bertz CT molecular complexity index is 1410. The molecule has 2 heterocycles. The Kier molecular flexibility index (Phi) is 5.46. The van der Waals surface area contributed by atoms with Gasteiger partial charge in [0.25, 0.3) is 11.1 Å². The van der Waals surface area contributed by atoms with Crippen LogP contribution in [0.25, 0.3) is 16.5 Å². The predicted octanol–water partition coefficient (Wildman–Crippen LogP) is 4.69. The van der Waals surface area contributed by atoms with E-state index in [1.807, 2.05) is 42.5 Å². The Morgan fingerprint density at radius 2 is 1.66 bits per heavy atom. The van der Waals surface area contributed by atoms with Gasteiger partial charge in [0.1, 0.15) is 5.69 Å². The lowest BCUT2D eigenvalue weighted by atomic mass is 9.87. The molecule has 4 aromatic rings. The molecule has 6 heteroatoms. The van der Waals surface area contributed by atoms with Gasteiger partial charge in [-0.2, -0.15) is 4.68 Å². The highest BCUT2D eigenvalue weighted by Crippen LogP contribution is 2.25. The second-order valence-corrected chi connectivity index (χ2v) is 9.06. The van der Waals surface area contributed by atoms with Crippen LogP contribution in [0.15, 0.2) is 70.4 Å². The molecule has 0 aliphatic heterocycles. The van der Waals surface area contributed by atoms with Crippen molar-refractivity contribution in [2.45, 2.75) is 39.5 Å². The molecule has 4 rings (SSSR count). The van der Waals surface area contributed by atoms with Gasteiger partial charge in [-0.15, -0.1) is 5.10 Å². The summed E-state index contributed by atoms with van der Waals surface area (Å²) >= 11 is 0. The fraction of sp³-hybridized carbons (Fsp3) is 0.269. The van der Waals surface area contributed by atoms with Crippen molar-refractivity contribution < 1.29 is 0 Å². The third-order valence-electron chi connectivity index (χ3n) is 5.72. The molecule has 2 aromatic carbocycles. The molecule has 0 aliphatic rings. The van der Waals surface area contributed by atoms with E-state index in [0.717, 1.165) is 12.0 Å². The maximum atomic E-state index is 13.4. The van der Waals surface area contributed by atoms with E-state index in [1.165, 1.54) is 14.8 Å². The molecule has 0 spiro atoms. The lowest BCUT2D eigenvalue weighted by Gasteiger charge is -2.19. The van der Waals surface area contributed by atoms with Crippen molar-refractivity contribution in [2.75, 3.05) is 5.32 Å². The highest BCUT2D eigenvalue weighted by Gasteiger charge is 2.16. The number of hydrogen-bond donors (Lipinski definition) is 1. The highest BCUT2D eigenvalue weighted by atomic mass is 16.1. The smallest absolute Gasteiger partial charge is 0.279 e.